The van der Waals surface area contributed by atoms with Crippen LogP contribution in [0.5, 0.6) is 0 Å². The van der Waals surface area contributed by atoms with Gasteiger partial charge in [-0.3, -0.25) is 14.4 Å². The summed E-state index contributed by atoms with van der Waals surface area (Å²) in [5.41, 5.74) is 2.11. The number of anilines is 1. The lowest BCUT2D eigenvalue weighted by Crippen LogP contribution is -2.39. The normalized spacial score (nSPS) is 13.5. The molecule has 8 heteroatoms. The molecular weight excluding hydrogens is 462 g/mol. The van der Waals surface area contributed by atoms with Crippen LogP contribution in [0.2, 0.25) is 0 Å². The number of hydrogen-bond acceptors (Lipinski definition) is 5. The summed E-state index contributed by atoms with van der Waals surface area (Å²) in [4.78, 5) is 39.1. The first-order valence-electron chi connectivity index (χ1n) is 12.1. The number of nitrogens with one attached hydrogen (secondary N) is 2. The van der Waals surface area contributed by atoms with Crippen LogP contribution in [0.25, 0.3) is 0 Å². The van der Waals surface area contributed by atoms with Crippen LogP contribution in [0.15, 0.2) is 54.6 Å². The van der Waals surface area contributed by atoms with E-state index in [0.29, 0.717) is 17.7 Å². The first-order chi connectivity index (χ1) is 16.9. The van der Waals surface area contributed by atoms with Gasteiger partial charge in [-0.25, -0.2) is 0 Å². The van der Waals surface area contributed by atoms with Crippen molar-refractivity contribution in [3.63, 3.8) is 0 Å². The highest BCUT2D eigenvalue weighted by Crippen LogP contribution is 2.25. The van der Waals surface area contributed by atoms with Gasteiger partial charge in [-0.2, -0.15) is 0 Å². The standard InChI is InChI=1S/C27H33N3O4S/c1-30(21-12-6-3-7-13-21)26(33)22-14-8-9-15-23(22)28-27(35)29-24(31)16-17-25(32)34-19-18-20-10-4-2-5-11-20/h2,4-5,8-11,14-15,21H,3,6-7,12-13,16-19H2,1H3,(H2,28,29,31,35). The van der Waals surface area contributed by atoms with E-state index in [9.17, 15) is 14.4 Å². The van der Waals surface area contributed by atoms with Crippen LogP contribution in [0, 0.1) is 0 Å². The topological polar surface area (TPSA) is 87.7 Å². The first-order valence-corrected chi connectivity index (χ1v) is 12.5. The van der Waals surface area contributed by atoms with Crippen molar-refractivity contribution in [2.45, 2.75) is 57.4 Å². The molecule has 1 fully saturated rings. The number of carbonyl (C=O) groups excluding carboxylic acids is 3. The molecule has 0 spiro atoms. The van der Waals surface area contributed by atoms with E-state index in [1.165, 1.54) is 6.42 Å². The Kier molecular flexibility index (Phi) is 10.2. The highest BCUT2D eigenvalue weighted by atomic mass is 32.1. The van der Waals surface area contributed by atoms with Gasteiger partial charge in [-0.1, -0.05) is 61.7 Å². The second kappa shape index (κ2) is 13.6. The average molecular weight is 496 g/mol. The molecule has 0 saturated heterocycles. The van der Waals surface area contributed by atoms with E-state index in [4.69, 9.17) is 17.0 Å². The Morgan fingerprint density at radius 2 is 1.66 bits per heavy atom. The molecule has 2 N–H and O–H groups in total. The number of esters is 1. The van der Waals surface area contributed by atoms with Crippen molar-refractivity contribution in [1.29, 1.82) is 0 Å². The lowest BCUT2D eigenvalue weighted by atomic mass is 9.94. The minimum atomic E-state index is -0.434. The smallest absolute Gasteiger partial charge is 0.306 e. The van der Waals surface area contributed by atoms with Crippen LogP contribution in [0.3, 0.4) is 0 Å². The SMILES string of the molecule is CN(C(=O)c1ccccc1NC(=S)NC(=O)CCC(=O)OCCc1ccccc1)C1CCCCC1. The maximum Gasteiger partial charge on any atom is 0.306 e. The van der Waals surface area contributed by atoms with Gasteiger partial charge >= 0.3 is 5.97 Å². The fourth-order valence-electron chi connectivity index (χ4n) is 4.16. The summed E-state index contributed by atoms with van der Waals surface area (Å²) in [5, 5.41) is 5.61. The van der Waals surface area contributed by atoms with E-state index in [0.717, 1.165) is 31.2 Å². The largest absolute Gasteiger partial charge is 0.465 e. The Morgan fingerprint density at radius 1 is 0.971 bits per heavy atom. The Hall–Kier alpha value is -3.26. The Labute approximate surface area is 212 Å². The maximum absolute atomic E-state index is 13.1. The third-order valence-corrected chi connectivity index (χ3v) is 6.36. The monoisotopic (exact) mass is 495 g/mol. The second-order valence-electron chi connectivity index (χ2n) is 8.71. The van der Waals surface area contributed by atoms with E-state index in [1.54, 1.807) is 24.3 Å². The molecule has 2 aromatic carbocycles. The van der Waals surface area contributed by atoms with Gasteiger partial charge in [0, 0.05) is 25.9 Å². The number of hydrogen-bond donors (Lipinski definition) is 2. The molecule has 0 heterocycles. The third kappa shape index (κ3) is 8.47. The summed E-state index contributed by atoms with van der Waals surface area (Å²) in [6.45, 7) is 0.268. The van der Waals surface area contributed by atoms with Crippen LogP contribution < -0.4 is 10.6 Å². The molecule has 0 aliphatic heterocycles. The molecule has 2 aromatic rings. The summed E-state index contributed by atoms with van der Waals surface area (Å²) >= 11 is 5.27. The van der Waals surface area contributed by atoms with E-state index in [2.05, 4.69) is 10.6 Å². The number of nitrogens with zero attached hydrogens (tertiary/aromatic N) is 1. The number of thiocarbonyl (C=S) groups is 1. The molecule has 1 aliphatic rings. The molecule has 3 rings (SSSR count). The molecule has 186 valence electrons. The second-order valence-corrected chi connectivity index (χ2v) is 9.12. The molecule has 35 heavy (non-hydrogen) atoms. The minimum absolute atomic E-state index is 0.0372. The van der Waals surface area contributed by atoms with Gasteiger partial charge in [0.2, 0.25) is 5.91 Å². The van der Waals surface area contributed by atoms with E-state index < -0.39 is 11.9 Å². The van der Waals surface area contributed by atoms with Crippen LogP contribution in [0.4, 0.5) is 5.69 Å². The van der Waals surface area contributed by atoms with Gasteiger partial charge in [0.15, 0.2) is 5.11 Å². The van der Waals surface area contributed by atoms with Gasteiger partial charge in [0.25, 0.3) is 5.91 Å². The summed E-state index contributed by atoms with van der Waals surface area (Å²) in [6.07, 6.45) is 6.07. The van der Waals surface area contributed by atoms with Crippen molar-refractivity contribution in [3.05, 3.63) is 65.7 Å². The molecule has 0 unspecified atom stereocenters. The van der Waals surface area contributed by atoms with E-state index in [-0.39, 0.29) is 36.5 Å². The average Bonchev–Trinajstić information content (AvgIpc) is 2.88. The van der Waals surface area contributed by atoms with E-state index in [1.807, 2.05) is 42.3 Å². The molecule has 0 aromatic heterocycles. The number of rotatable bonds is 9. The number of carbonyl (C=O) groups is 3. The molecule has 7 nitrogen and oxygen atoms in total. The number of benzene rings is 2. The van der Waals surface area contributed by atoms with Crippen molar-refractivity contribution in [1.82, 2.24) is 10.2 Å². The van der Waals surface area contributed by atoms with Gasteiger partial charge < -0.3 is 20.3 Å². The van der Waals surface area contributed by atoms with Crippen molar-refractivity contribution >= 4 is 40.8 Å². The summed E-state index contributed by atoms with van der Waals surface area (Å²) in [7, 11) is 1.84. The number of amides is 2. The highest BCUT2D eigenvalue weighted by Gasteiger charge is 2.24. The predicted molar refractivity (Wildman–Crippen MR) is 140 cm³/mol. The minimum Gasteiger partial charge on any atom is -0.465 e. The maximum atomic E-state index is 13.1. The summed E-state index contributed by atoms with van der Waals surface area (Å²) in [5.74, 6) is -0.908. The van der Waals surface area contributed by atoms with Crippen molar-refractivity contribution in [2.75, 3.05) is 19.0 Å². The molecule has 1 aliphatic carbocycles. The third-order valence-electron chi connectivity index (χ3n) is 6.15. The van der Waals surface area contributed by atoms with Crippen molar-refractivity contribution in [3.8, 4) is 0 Å². The fourth-order valence-corrected chi connectivity index (χ4v) is 4.38. The van der Waals surface area contributed by atoms with Crippen molar-refractivity contribution < 1.29 is 19.1 Å². The van der Waals surface area contributed by atoms with E-state index >= 15 is 0 Å². The highest BCUT2D eigenvalue weighted by molar-refractivity contribution is 7.80. The molecule has 1 saturated carbocycles. The molecular formula is C27H33N3O4S. The lowest BCUT2D eigenvalue weighted by molar-refractivity contribution is -0.144. The first kappa shape index (κ1) is 26.3. The zero-order chi connectivity index (χ0) is 25.0. The number of para-hydroxylation sites is 1. The molecule has 0 atom stereocenters. The van der Waals surface area contributed by atoms with Gasteiger partial charge in [0.05, 0.1) is 24.3 Å². The fraction of sp³-hybridized carbons (Fsp3) is 0.407. The van der Waals surface area contributed by atoms with Crippen LogP contribution in [-0.2, 0) is 20.7 Å². The van der Waals surface area contributed by atoms with Crippen LogP contribution >= 0.6 is 12.2 Å². The van der Waals surface area contributed by atoms with Crippen LogP contribution in [-0.4, -0.2) is 47.5 Å². The zero-order valence-corrected chi connectivity index (χ0v) is 20.9. The van der Waals surface area contributed by atoms with Gasteiger partial charge in [-0.15, -0.1) is 0 Å². The molecule has 2 amide bonds. The van der Waals surface area contributed by atoms with Gasteiger partial charge in [-0.05, 0) is 42.8 Å². The van der Waals surface area contributed by atoms with Gasteiger partial charge in [0.1, 0.15) is 0 Å². The summed E-state index contributed by atoms with van der Waals surface area (Å²) < 4.78 is 5.20. The Morgan fingerprint density at radius 3 is 2.40 bits per heavy atom. The molecule has 0 radical (unpaired) electrons. The summed E-state index contributed by atoms with van der Waals surface area (Å²) in [6, 6.07) is 17.1. The Balaban J connectivity index is 1.43. The molecule has 0 bridgehead atoms. The van der Waals surface area contributed by atoms with Crippen LogP contribution in [0.1, 0.15) is 60.9 Å². The zero-order valence-electron chi connectivity index (χ0n) is 20.1. The quantitative estimate of drug-likeness (QED) is 0.394. The Bertz CT molecular complexity index is 1020. The van der Waals surface area contributed by atoms with Crippen molar-refractivity contribution in [2.24, 2.45) is 0 Å². The lowest BCUT2D eigenvalue weighted by Gasteiger charge is -2.31. The number of ether oxygens (including phenoxy) is 1. The predicted octanol–water partition coefficient (Wildman–Crippen LogP) is 4.47.